The average Bonchev–Trinajstić information content (AvgIpc) is 2.82. The van der Waals surface area contributed by atoms with E-state index in [9.17, 15) is 4.79 Å². The van der Waals surface area contributed by atoms with Gasteiger partial charge in [-0.15, -0.1) is 0 Å². The zero-order valence-electron chi connectivity index (χ0n) is 7.49. The lowest BCUT2D eigenvalue weighted by Crippen LogP contribution is -2.47. The second kappa shape index (κ2) is 2.89. The first kappa shape index (κ1) is 8.84. The molecule has 1 atom stereocenters. The summed E-state index contributed by atoms with van der Waals surface area (Å²) < 4.78 is 4.00. The van der Waals surface area contributed by atoms with E-state index in [1.807, 2.05) is 6.92 Å². The predicted molar refractivity (Wildman–Crippen MR) is 51.8 cm³/mol. The lowest BCUT2D eigenvalue weighted by atomic mass is 9.90. The fraction of sp³-hybridized carbons (Fsp3) is 0.556. The van der Waals surface area contributed by atoms with E-state index in [2.05, 4.69) is 4.37 Å². The van der Waals surface area contributed by atoms with Crippen LogP contribution in [0, 0.1) is 5.92 Å². The number of nitrogens with zero attached hydrogens (tertiary/aromatic N) is 1. The minimum absolute atomic E-state index is 0.0174. The van der Waals surface area contributed by atoms with Crippen LogP contribution in [0.2, 0.25) is 0 Å². The maximum Gasteiger partial charge on any atom is 0.201 e. The number of nitrogens with two attached hydrogens (primary N) is 1. The summed E-state index contributed by atoms with van der Waals surface area (Å²) in [6, 6.07) is 1.74. The number of rotatable bonds is 3. The highest BCUT2D eigenvalue weighted by atomic mass is 32.1. The molecule has 0 amide bonds. The van der Waals surface area contributed by atoms with Crippen molar-refractivity contribution in [2.24, 2.45) is 11.7 Å². The van der Waals surface area contributed by atoms with Crippen molar-refractivity contribution in [3.63, 3.8) is 0 Å². The second-order valence-corrected chi connectivity index (χ2v) is 4.44. The van der Waals surface area contributed by atoms with E-state index in [0.717, 1.165) is 12.8 Å². The Bertz CT molecular complexity index is 314. The zero-order chi connectivity index (χ0) is 9.47. The molecular formula is C9H12N2OS. The molecule has 1 heterocycles. The van der Waals surface area contributed by atoms with Crippen LogP contribution in [0.4, 0.5) is 0 Å². The van der Waals surface area contributed by atoms with Gasteiger partial charge in [0.15, 0.2) is 0 Å². The summed E-state index contributed by atoms with van der Waals surface area (Å²) >= 11 is 1.29. The Morgan fingerprint density at radius 3 is 2.92 bits per heavy atom. The number of hydrogen-bond donors (Lipinski definition) is 1. The standard InChI is InChI=1S/C9H12N2OS/c1-9(10,6-2-3-6)8(12)7-4-5-13-11-7/h4-6H,2-3,10H2,1H3. The Kier molecular flexibility index (Phi) is 1.96. The molecule has 1 saturated carbocycles. The number of Topliss-reactive ketones (excluding diaryl/α,β-unsaturated/α-hetero) is 1. The summed E-state index contributed by atoms with van der Waals surface area (Å²) in [6.07, 6.45) is 2.14. The first-order valence-electron chi connectivity index (χ1n) is 4.36. The fourth-order valence-corrected chi connectivity index (χ4v) is 1.98. The number of carbonyl (C=O) groups excluding carboxylic acids is 1. The molecule has 70 valence electrons. The van der Waals surface area contributed by atoms with E-state index < -0.39 is 5.54 Å². The van der Waals surface area contributed by atoms with Crippen molar-refractivity contribution in [3.05, 3.63) is 17.1 Å². The Morgan fingerprint density at radius 1 is 1.77 bits per heavy atom. The Morgan fingerprint density at radius 2 is 2.46 bits per heavy atom. The van der Waals surface area contributed by atoms with Crippen molar-refractivity contribution in [1.29, 1.82) is 0 Å². The van der Waals surface area contributed by atoms with Crippen molar-refractivity contribution in [3.8, 4) is 0 Å². The number of carbonyl (C=O) groups is 1. The number of ketones is 1. The van der Waals surface area contributed by atoms with Gasteiger partial charge in [0.25, 0.3) is 0 Å². The molecule has 1 aliphatic carbocycles. The lowest BCUT2D eigenvalue weighted by molar-refractivity contribution is 0.0879. The first-order valence-corrected chi connectivity index (χ1v) is 5.20. The van der Waals surface area contributed by atoms with Crippen LogP contribution in [0.25, 0.3) is 0 Å². The van der Waals surface area contributed by atoms with Gasteiger partial charge in [0.05, 0.1) is 5.54 Å². The van der Waals surface area contributed by atoms with E-state index in [1.54, 1.807) is 11.4 Å². The van der Waals surface area contributed by atoms with Crippen molar-refractivity contribution in [1.82, 2.24) is 4.37 Å². The quantitative estimate of drug-likeness (QED) is 0.744. The molecule has 0 bridgehead atoms. The smallest absolute Gasteiger partial charge is 0.201 e. The SMILES string of the molecule is CC(N)(C(=O)c1ccsn1)C1CC1. The van der Waals surface area contributed by atoms with Crippen LogP contribution < -0.4 is 5.73 Å². The third-order valence-electron chi connectivity index (χ3n) is 2.59. The molecule has 13 heavy (non-hydrogen) atoms. The molecule has 3 nitrogen and oxygen atoms in total. The predicted octanol–water partition coefficient (Wildman–Crippen LogP) is 1.45. The first-order chi connectivity index (χ1) is 6.12. The van der Waals surface area contributed by atoms with E-state index in [4.69, 9.17) is 5.73 Å². The van der Waals surface area contributed by atoms with Crippen LogP contribution in [0.1, 0.15) is 30.3 Å². The summed E-state index contributed by atoms with van der Waals surface area (Å²) in [6.45, 7) is 1.81. The van der Waals surface area contributed by atoms with Crippen molar-refractivity contribution >= 4 is 17.3 Å². The molecule has 0 spiro atoms. The summed E-state index contributed by atoms with van der Waals surface area (Å²) in [5.74, 6) is 0.345. The molecule has 2 rings (SSSR count). The zero-order valence-corrected chi connectivity index (χ0v) is 8.30. The molecule has 0 aliphatic heterocycles. The van der Waals surface area contributed by atoms with Crippen molar-refractivity contribution < 1.29 is 4.79 Å². The Labute approximate surface area is 81.1 Å². The Balaban J connectivity index is 2.21. The maximum absolute atomic E-state index is 11.8. The second-order valence-electron chi connectivity index (χ2n) is 3.77. The molecule has 1 aromatic rings. The highest BCUT2D eigenvalue weighted by Gasteiger charge is 2.44. The molecule has 0 radical (unpaired) electrons. The van der Waals surface area contributed by atoms with Crippen LogP contribution >= 0.6 is 11.5 Å². The third kappa shape index (κ3) is 1.51. The van der Waals surface area contributed by atoms with Gasteiger partial charge in [-0.2, -0.15) is 4.37 Å². The van der Waals surface area contributed by atoms with Gasteiger partial charge in [-0.3, -0.25) is 4.79 Å². The summed E-state index contributed by atoms with van der Waals surface area (Å²) in [5.41, 5.74) is 5.79. The monoisotopic (exact) mass is 196 g/mol. The van der Waals surface area contributed by atoms with Gasteiger partial charge in [-0.1, -0.05) is 0 Å². The van der Waals surface area contributed by atoms with Gasteiger partial charge < -0.3 is 5.73 Å². The van der Waals surface area contributed by atoms with Crippen LogP contribution in [0.5, 0.6) is 0 Å². The lowest BCUT2D eigenvalue weighted by Gasteiger charge is -2.20. The van der Waals surface area contributed by atoms with E-state index in [0.29, 0.717) is 11.6 Å². The third-order valence-corrected chi connectivity index (χ3v) is 3.15. The largest absolute Gasteiger partial charge is 0.319 e. The molecular weight excluding hydrogens is 184 g/mol. The van der Waals surface area contributed by atoms with Gasteiger partial charge in [-0.05, 0) is 43.3 Å². The minimum atomic E-state index is -0.700. The molecule has 0 saturated heterocycles. The number of hydrogen-bond acceptors (Lipinski definition) is 4. The van der Waals surface area contributed by atoms with Gasteiger partial charge in [-0.25, -0.2) is 0 Å². The summed E-state index contributed by atoms with van der Waals surface area (Å²) in [4.78, 5) is 11.8. The van der Waals surface area contributed by atoms with E-state index in [-0.39, 0.29) is 5.78 Å². The van der Waals surface area contributed by atoms with E-state index in [1.165, 1.54) is 11.5 Å². The van der Waals surface area contributed by atoms with Crippen LogP contribution in [-0.2, 0) is 0 Å². The van der Waals surface area contributed by atoms with Crippen molar-refractivity contribution in [2.75, 3.05) is 0 Å². The van der Waals surface area contributed by atoms with Gasteiger partial charge in [0, 0.05) is 5.38 Å². The van der Waals surface area contributed by atoms with Gasteiger partial charge in [0.1, 0.15) is 5.69 Å². The van der Waals surface area contributed by atoms with Crippen LogP contribution in [0.3, 0.4) is 0 Å². The number of aromatic nitrogens is 1. The Hall–Kier alpha value is -0.740. The fourth-order valence-electron chi connectivity index (χ4n) is 1.47. The molecule has 0 aromatic carbocycles. The van der Waals surface area contributed by atoms with E-state index >= 15 is 0 Å². The highest BCUT2D eigenvalue weighted by Crippen LogP contribution is 2.39. The topological polar surface area (TPSA) is 56.0 Å². The van der Waals surface area contributed by atoms with Crippen molar-refractivity contribution in [2.45, 2.75) is 25.3 Å². The molecule has 1 aromatic heterocycles. The molecule has 1 unspecified atom stereocenters. The van der Waals surface area contributed by atoms with Gasteiger partial charge in [0.2, 0.25) is 5.78 Å². The van der Waals surface area contributed by atoms with Crippen LogP contribution in [0.15, 0.2) is 11.4 Å². The molecule has 1 aliphatic rings. The minimum Gasteiger partial charge on any atom is -0.319 e. The molecule has 1 fully saturated rings. The summed E-state index contributed by atoms with van der Waals surface area (Å²) in [7, 11) is 0. The van der Waals surface area contributed by atoms with Gasteiger partial charge >= 0.3 is 0 Å². The highest BCUT2D eigenvalue weighted by molar-refractivity contribution is 7.03. The normalized spacial score (nSPS) is 21.1. The average molecular weight is 196 g/mol. The molecule has 2 N–H and O–H groups in total. The maximum atomic E-state index is 11.8. The molecule has 4 heteroatoms. The summed E-state index contributed by atoms with van der Waals surface area (Å²) in [5, 5.41) is 1.80. The van der Waals surface area contributed by atoms with Crippen LogP contribution in [-0.4, -0.2) is 15.7 Å².